The van der Waals surface area contributed by atoms with Crippen molar-refractivity contribution < 1.29 is 9.53 Å². The summed E-state index contributed by atoms with van der Waals surface area (Å²) in [6.07, 6.45) is 0. The van der Waals surface area contributed by atoms with E-state index in [2.05, 4.69) is 34.6 Å². The summed E-state index contributed by atoms with van der Waals surface area (Å²) < 4.78 is 5.80. The number of benzene rings is 2. The molecule has 28 heavy (non-hydrogen) atoms. The maximum absolute atomic E-state index is 11.6. The van der Waals surface area contributed by atoms with Gasteiger partial charge in [0.2, 0.25) is 0 Å². The van der Waals surface area contributed by atoms with E-state index in [1.54, 1.807) is 18.4 Å². The molecule has 5 nitrogen and oxygen atoms in total. The Morgan fingerprint density at radius 3 is 2.50 bits per heavy atom. The Hall–Kier alpha value is -2.70. The molecule has 0 atom stereocenters. The first-order valence-electron chi connectivity index (χ1n) is 9.16. The van der Waals surface area contributed by atoms with Gasteiger partial charge in [-0.1, -0.05) is 29.8 Å². The fourth-order valence-electron chi connectivity index (χ4n) is 2.82. The van der Waals surface area contributed by atoms with E-state index in [1.165, 1.54) is 5.56 Å². The summed E-state index contributed by atoms with van der Waals surface area (Å²) in [4.78, 5) is 18.5. The molecule has 0 saturated carbocycles. The first kappa shape index (κ1) is 20.0. The van der Waals surface area contributed by atoms with Gasteiger partial charge in [-0.25, -0.2) is 4.98 Å². The van der Waals surface area contributed by atoms with Crippen LogP contribution in [0.5, 0.6) is 5.75 Å². The fraction of sp³-hybridized carbons (Fsp3) is 0.273. The highest BCUT2D eigenvalue weighted by atomic mass is 32.1. The lowest BCUT2D eigenvalue weighted by molar-refractivity contribution is 0.0963. The van der Waals surface area contributed by atoms with Crippen molar-refractivity contribution in [2.24, 2.45) is 0 Å². The van der Waals surface area contributed by atoms with Crippen LogP contribution in [0.15, 0.2) is 53.9 Å². The van der Waals surface area contributed by atoms with Crippen molar-refractivity contribution in [3.63, 3.8) is 0 Å². The number of rotatable bonds is 8. The van der Waals surface area contributed by atoms with Crippen LogP contribution in [0.3, 0.4) is 0 Å². The van der Waals surface area contributed by atoms with Crippen LogP contribution in [0.4, 0.5) is 0 Å². The highest BCUT2D eigenvalue weighted by Crippen LogP contribution is 2.17. The highest BCUT2D eigenvalue weighted by molar-refractivity contribution is 7.09. The van der Waals surface area contributed by atoms with Gasteiger partial charge in [-0.3, -0.25) is 9.69 Å². The molecular formula is C22H25N3O2S. The molecule has 0 unspecified atom stereocenters. The molecule has 0 fully saturated rings. The van der Waals surface area contributed by atoms with Crippen molar-refractivity contribution in [3.05, 3.63) is 81.3 Å². The highest BCUT2D eigenvalue weighted by Gasteiger charge is 2.08. The zero-order valence-electron chi connectivity index (χ0n) is 16.4. The summed E-state index contributed by atoms with van der Waals surface area (Å²) in [6, 6.07) is 15.7. The van der Waals surface area contributed by atoms with Crippen LogP contribution in [0.25, 0.3) is 0 Å². The molecule has 0 aliphatic heterocycles. The Morgan fingerprint density at radius 1 is 1.11 bits per heavy atom. The molecule has 0 aliphatic rings. The predicted molar refractivity (Wildman–Crippen MR) is 113 cm³/mol. The Balaban J connectivity index is 1.50. The minimum Gasteiger partial charge on any atom is -0.486 e. The molecule has 6 heteroatoms. The van der Waals surface area contributed by atoms with Gasteiger partial charge in [0.25, 0.3) is 5.91 Å². The van der Waals surface area contributed by atoms with Crippen LogP contribution in [0.2, 0.25) is 0 Å². The number of aromatic nitrogens is 1. The van der Waals surface area contributed by atoms with E-state index in [-0.39, 0.29) is 5.91 Å². The van der Waals surface area contributed by atoms with E-state index in [9.17, 15) is 4.79 Å². The second kappa shape index (κ2) is 9.48. The monoisotopic (exact) mass is 395 g/mol. The smallest absolute Gasteiger partial charge is 0.251 e. The molecule has 3 aromatic rings. The van der Waals surface area contributed by atoms with Gasteiger partial charge in [0.1, 0.15) is 17.4 Å². The Labute approximate surface area is 170 Å². The first-order chi connectivity index (χ1) is 13.5. The molecule has 0 saturated heterocycles. The summed E-state index contributed by atoms with van der Waals surface area (Å²) in [6.45, 7) is 4.10. The Morgan fingerprint density at radius 2 is 1.82 bits per heavy atom. The first-order valence-corrected chi connectivity index (χ1v) is 10.0. The third-order valence-corrected chi connectivity index (χ3v) is 5.18. The average molecular weight is 396 g/mol. The van der Waals surface area contributed by atoms with Crippen LogP contribution in [0.1, 0.15) is 32.2 Å². The fourth-order valence-corrected chi connectivity index (χ4v) is 3.51. The molecule has 146 valence electrons. The summed E-state index contributed by atoms with van der Waals surface area (Å²) in [5.74, 6) is 0.794. The van der Waals surface area contributed by atoms with E-state index < -0.39 is 0 Å². The zero-order valence-corrected chi connectivity index (χ0v) is 17.3. The van der Waals surface area contributed by atoms with Crippen LogP contribution in [-0.4, -0.2) is 29.9 Å². The quantitative estimate of drug-likeness (QED) is 0.626. The molecule has 1 aromatic heterocycles. The SMILES string of the molecule is CNC(=O)c1ccc(CN(C)Cc2csc(COc3ccc(C)cc3)n2)cc1. The molecule has 0 spiro atoms. The number of carbonyl (C=O) groups is 1. The number of carbonyl (C=O) groups excluding carboxylic acids is 1. The molecule has 0 aliphatic carbocycles. The van der Waals surface area contributed by atoms with E-state index in [0.29, 0.717) is 12.2 Å². The van der Waals surface area contributed by atoms with Crippen molar-refractivity contribution >= 4 is 17.2 Å². The number of ether oxygens (including phenoxy) is 1. The van der Waals surface area contributed by atoms with Gasteiger partial charge in [-0.05, 0) is 43.8 Å². The van der Waals surface area contributed by atoms with Gasteiger partial charge in [-0.15, -0.1) is 11.3 Å². The van der Waals surface area contributed by atoms with Gasteiger partial charge in [-0.2, -0.15) is 0 Å². The lowest BCUT2D eigenvalue weighted by Gasteiger charge is -2.15. The van der Waals surface area contributed by atoms with Crippen LogP contribution < -0.4 is 10.1 Å². The van der Waals surface area contributed by atoms with Crippen LogP contribution in [-0.2, 0) is 19.7 Å². The van der Waals surface area contributed by atoms with Crippen molar-refractivity contribution in [1.29, 1.82) is 0 Å². The molecule has 3 rings (SSSR count). The third-order valence-electron chi connectivity index (χ3n) is 4.31. The molecule has 2 aromatic carbocycles. The second-order valence-electron chi connectivity index (χ2n) is 6.78. The number of hydrogen-bond donors (Lipinski definition) is 1. The van der Waals surface area contributed by atoms with Gasteiger partial charge in [0.15, 0.2) is 0 Å². The van der Waals surface area contributed by atoms with Gasteiger partial charge in [0, 0.05) is 31.1 Å². The Kier molecular flexibility index (Phi) is 6.79. The minimum atomic E-state index is -0.0669. The third kappa shape index (κ3) is 5.65. The summed E-state index contributed by atoms with van der Waals surface area (Å²) in [5, 5.41) is 5.69. The summed E-state index contributed by atoms with van der Waals surface area (Å²) in [5.41, 5.74) is 4.09. The lowest BCUT2D eigenvalue weighted by Crippen LogP contribution is -2.19. The standard InChI is InChI=1S/C22H25N3O2S/c1-16-4-10-20(11-5-16)27-14-21-24-19(15-28-21)13-25(3)12-17-6-8-18(9-7-17)22(26)23-2/h4-11,15H,12-14H2,1-3H3,(H,23,26). The van der Waals surface area contributed by atoms with Crippen LogP contribution in [0, 0.1) is 6.92 Å². The minimum absolute atomic E-state index is 0.0669. The van der Waals surface area contributed by atoms with E-state index in [0.717, 1.165) is 35.1 Å². The number of hydrogen-bond acceptors (Lipinski definition) is 5. The molecule has 1 amide bonds. The van der Waals surface area contributed by atoms with E-state index in [1.807, 2.05) is 48.5 Å². The van der Waals surface area contributed by atoms with Crippen LogP contribution >= 0.6 is 11.3 Å². The summed E-state index contributed by atoms with van der Waals surface area (Å²) in [7, 11) is 3.70. The molecule has 1 heterocycles. The average Bonchev–Trinajstić information content (AvgIpc) is 3.14. The van der Waals surface area contributed by atoms with Gasteiger partial charge < -0.3 is 10.1 Å². The molecule has 1 N–H and O–H groups in total. The zero-order chi connectivity index (χ0) is 19.9. The maximum Gasteiger partial charge on any atom is 0.251 e. The van der Waals surface area contributed by atoms with Gasteiger partial charge >= 0.3 is 0 Å². The lowest BCUT2D eigenvalue weighted by atomic mass is 10.1. The molecule has 0 radical (unpaired) electrons. The maximum atomic E-state index is 11.6. The number of aryl methyl sites for hydroxylation is 1. The second-order valence-corrected chi connectivity index (χ2v) is 7.73. The van der Waals surface area contributed by atoms with E-state index >= 15 is 0 Å². The normalized spacial score (nSPS) is 10.9. The number of nitrogens with one attached hydrogen (secondary N) is 1. The molecule has 0 bridgehead atoms. The van der Waals surface area contributed by atoms with Gasteiger partial charge in [0.05, 0.1) is 5.69 Å². The number of amides is 1. The number of thiazole rings is 1. The summed E-state index contributed by atoms with van der Waals surface area (Å²) >= 11 is 1.62. The topological polar surface area (TPSA) is 54.5 Å². The van der Waals surface area contributed by atoms with Crippen molar-refractivity contribution in [1.82, 2.24) is 15.2 Å². The largest absolute Gasteiger partial charge is 0.486 e. The Bertz CT molecular complexity index is 904. The van der Waals surface area contributed by atoms with Crippen molar-refractivity contribution in [2.75, 3.05) is 14.1 Å². The predicted octanol–water partition coefficient (Wildman–Crippen LogP) is 4.02. The number of nitrogens with zero attached hydrogens (tertiary/aromatic N) is 2. The van der Waals surface area contributed by atoms with E-state index in [4.69, 9.17) is 4.74 Å². The van der Waals surface area contributed by atoms with Crippen molar-refractivity contribution in [2.45, 2.75) is 26.6 Å². The molecular weight excluding hydrogens is 370 g/mol. The van der Waals surface area contributed by atoms with Crippen molar-refractivity contribution in [3.8, 4) is 5.75 Å².